The number of alkyl halides is 3. The van der Waals surface area contributed by atoms with E-state index in [0.717, 1.165) is 6.33 Å². The maximum Gasteiger partial charge on any atom is 0.391 e. The molecule has 2 N–H and O–H groups in total. The Hall–Kier alpha value is -0.800. The van der Waals surface area contributed by atoms with E-state index in [1.54, 1.807) is 22.6 Å². The van der Waals surface area contributed by atoms with Crippen LogP contribution < -0.4 is 10.9 Å². The number of rotatable bonds is 3. The Kier molecular flexibility index (Phi) is 4.16. The molecule has 0 aliphatic carbocycles. The fraction of sp³-hybridized carbons (Fsp3) is 0.500. The largest absolute Gasteiger partial charge is 0.391 e. The highest BCUT2D eigenvalue weighted by Gasteiger charge is 2.30. The van der Waals surface area contributed by atoms with Crippen molar-refractivity contribution in [2.45, 2.75) is 25.6 Å². The highest BCUT2D eigenvalue weighted by atomic mass is 127. The van der Waals surface area contributed by atoms with Gasteiger partial charge in [0.25, 0.3) is 5.56 Å². The number of halogens is 4. The summed E-state index contributed by atoms with van der Waals surface area (Å²) < 4.78 is 36.4. The lowest BCUT2D eigenvalue weighted by Gasteiger charge is -2.16. The first-order chi connectivity index (χ1) is 7.29. The minimum Gasteiger partial charge on any atom is -0.366 e. The van der Waals surface area contributed by atoms with Crippen molar-refractivity contribution in [3.8, 4) is 0 Å². The molecule has 0 saturated carbocycles. The predicted molar refractivity (Wildman–Crippen MR) is 61.3 cm³/mol. The van der Waals surface area contributed by atoms with E-state index in [0.29, 0.717) is 0 Å². The lowest BCUT2D eigenvalue weighted by Crippen LogP contribution is -2.26. The SMILES string of the molecule is CC(CC(F)(F)F)Nc1nc[nH]c(=O)c1I. The molecule has 1 aromatic heterocycles. The second-order valence-corrected chi connectivity index (χ2v) is 4.34. The third-order valence-electron chi connectivity index (χ3n) is 1.72. The zero-order valence-corrected chi connectivity index (χ0v) is 10.4. The van der Waals surface area contributed by atoms with Crippen LogP contribution in [0.4, 0.5) is 19.0 Å². The lowest BCUT2D eigenvalue weighted by molar-refractivity contribution is -0.136. The predicted octanol–water partition coefficient (Wildman–Crippen LogP) is 2.13. The molecular weight excluding hydrogens is 338 g/mol. The molecule has 0 radical (unpaired) electrons. The van der Waals surface area contributed by atoms with E-state index < -0.39 is 18.6 Å². The van der Waals surface area contributed by atoms with Gasteiger partial charge in [-0.25, -0.2) is 4.98 Å². The second kappa shape index (κ2) is 5.02. The molecule has 0 saturated heterocycles. The first-order valence-electron chi connectivity index (χ1n) is 4.36. The van der Waals surface area contributed by atoms with E-state index in [-0.39, 0.29) is 14.9 Å². The van der Waals surface area contributed by atoms with Gasteiger partial charge in [-0.05, 0) is 29.5 Å². The monoisotopic (exact) mass is 347 g/mol. The van der Waals surface area contributed by atoms with Crippen molar-refractivity contribution >= 4 is 28.4 Å². The molecule has 1 heterocycles. The van der Waals surface area contributed by atoms with Gasteiger partial charge in [-0.3, -0.25) is 4.79 Å². The zero-order valence-electron chi connectivity index (χ0n) is 8.23. The van der Waals surface area contributed by atoms with Crippen LogP contribution in [0.5, 0.6) is 0 Å². The van der Waals surface area contributed by atoms with Crippen LogP contribution >= 0.6 is 22.6 Å². The minimum absolute atomic E-state index is 0.168. The highest BCUT2D eigenvalue weighted by Crippen LogP contribution is 2.23. The third kappa shape index (κ3) is 3.99. The molecule has 0 aromatic carbocycles. The van der Waals surface area contributed by atoms with Crippen LogP contribution in [-0.2, 0) is 0 Å². The highest BCUT2D eigenvalue weighted by molar-refractivity contribution is 14.1. The average Bonchev–Trinajstić information content (AvgIpc) is 2.09. The number of hydrogen-bond donors (Lipinski definition) is 2. The van der Waals surface area contributed by atoms with Crippen molar-refractivity contribution in [3.63, 3.8) is 0 Å². The molecule has 1 unspecified atom stereocenters. The molecule has 0 spiro atoms. The minimum atomic E-state index is -4.24. The van der Waals surface area contributed by atoms with Crippen LogP contribution in [0.1, 0.15) is 13.3 Å². The molecule has 1 aromatic rings. The maximum absolute atomic E-state index is 12.1. The molecule has 0 bridgehead atoms. The summed E-state index contributed by atoms with van der Waals surface area (Å²) >= 11 is 1.73. The average molecular weight is 347 g/mol. The molecular formula is C8H9F3IN3O. The van der Waals surface area contributed by atoms with Crippen molar-refractivity contribution in [1.82, 2.24) is 9.97 Å². The molecule has 0 aliphatic rings. The van der Waals surface area contributed by atoms with Crippen LogP contribution in [0.3, 0.4) is 0 Å². The van der Waals surface area contributed by atoms with E-state index in [1.165, 1.54) is 6.92 Å². The number of anilines is 1. The topological polar surface area (TPSA) is 57.8 Å². The van der Waals surface area contributed by atoms with Crippen molar-refractivity contribution in [2.75, 3.05) is 5.32 Å². The molecule has 0 fully saturated rings. The molecule has 90 valence electrons. The number of aromatic amines is 1. The van der Waals surface area contributed by atoms with Crippen LogP contribution in [0.15, 0.2) is 11.1 Å². The first kappa shape index (κ1) is 13.3. The van der Waals surface area contributed by atoms with Gasteiger partial charge in [-0.15, -0.1) is 0 Å². The van der Waals surface area contributed by atoms with Gasteiger partial charge in [-0.2, -0.15) is 13.2 Å². The molecule has 4 nitrogen and oxygen atoms in total. The van der Waals surface area contributed by atoms with Crippen LogP contribution in [0.2, 0.25) is 0 Å². The lowest BCUT2D eigenvalue weighted by atomic mass is 10.2. The van der Waals surface area contributed by atoms with Gasteiger partial charge in [0, 0.05) is 6.04 Å². The smallest absolute Gasteiger partial charge is 0.366 e. The second-order valence-electron chi connectivity index (χ2n) is 3.26. The summed E-state index contributed by atoms with van der Waals surface area (Å²) in [5.74, 6) is 0.168. The Morgan fingerprint density at radius 2 is 2.25 bits per heavy atom. The fourth-order valence-electron chi connectivity index (χ4n) is 1.12. The molecule has 8 heteroatoms. The van der Waals surface area contributed by atoms with Gasteiger partial charge in [0.05, 0.1) is 12.7 Å². The summed E-state index contributed by atoms with van der Waals surface area (Å²) in [5, 5.41) is 2.55. The Labute approximate surface area is 103 Å². The standard InChI is InChI=1S/C8H9F3IN3O/c1-4(2-8(9,10)11)15-6-5(12)7(16)14-3-13-6/h3-4H,2H2,1H3,(H2,13,14,15,16). The normalized spacial score (nSPS) is 13.6. The van der Waals surface area contributed by atoms with Gasteiger partial charge in [0.2, 0.25) is 0 Å². The van der Waals surface area contributed by atoms with Gasteiger partial charge in [0.15, 0.2) is 0 Å². The fourth-order valence-corrected chi connectivity index (χ4v) is 1.57. The van der Waals surface area contributed by atoms with Crippen molar-refractivity contribution < 1.29 is 13.2 Å². The maximum atomic E-state index is 12.1. The summed E-state index contributed by atoms with van der Waals surface area (Å²) in [6, 6.07) is -0.831. The Morgan fingerprint density at radius 1 is 1.62 bits per heavy atom. The number of aromatic nitrogens is 2. The molecule has 0 amide bonds. The van der Waals surface area contributed by atoms with E-state index >= 15 is 0 Å². The molecule has 0 aliphatic heterocycles. The summed E-state index contributed by atoms with van der Waals surface area (Å²) in [7, 11) is 0. The van der Waals surface area contributed by atoms with Crippen molar-refractivity contribution in [3.05, 3.63) is 20.3 Å². The van der Waals surface area contributed by atoms with E-state index in [1.807, 2.05) is 0 Å². The zero-order chi connectivity index (χ0) is 12.3. The van der Waals surface area contributed by atoms with Crippen molar-refractivity contribution in [1.29, 1.82) is 0 Å². The molecule has 1 atom stereocenters. The summed E-state index contributed by atoms with van der Waals surface area (Å²) in [4.78, 5) is 17.2. The summed E-state index contributed by atoms with van der Waals surface area (Å²) in [6.45, 7) is 1.38. The van der Waals surface area contributed by atoms with E-state index in [4.69, 9.17) is 0 Å². The molecule has 16 heavy (non-hydrogen) atoms. The third-order valence-corrected chi connectivity index (χ3v) is 2.72. The van der Waals surface area contributed by atoms with Gasteiger partial charge >= 0.3 is 6.18 Å². The summed E-state index contributed by atoms with van der Waals surface area (Å²) in [5.41, 5.74) is -0.377. The quantitative estimate of drug-likeness (QED) is 0.824. The Bertz CT molecular complexity index is 418. The number of nitrogens with one attached hydrogen (secondary N) is 2. The first-order valence-corrected chi connectivity index (χ1v) is 5.44. The van der Waals surface area contributed by atoms with Crippen molar-refractivity contribution in [2.24, 2.45) is 0 Å². The van der Waals surface area contributed by atoms with E-state index in [2.05, 4.69) is 15.3 Å². The number of H-pyrrole nitrogens is 1. The van der Waals surface area contributed by atoms with Crippen LogP contribution in [0.25, 0.3) is 0 Å². The Balaban J connectivity index is 2.74. The number of hydrogen-bond acceptors (Lipinski definition) is 3. The van der Waals surface area contributed by atoms with E-state index in [9.17, 15) is 18.0 Å². The number of nitrogens with zero attached hydrogens (tertiary/aromatic N) is 1. The van der Waals surface area contributed by atoms with Gasteiger partial charge < -0.3 is 10.3 Å². The van der Waals surface area contributed by atoms with Gasteiger partial charge in [0.1, 0.15) is 9.39 Å². The van der Waals surface area contributed by atoms with Gasteiger partial charge in [-0.1, -0.05) is 0 Å². The Morgan fingerprint density at radius 3 is 2.81 bits per heavy atom. The molecule has 1 rings (SSSR count). The summed E-state index contributed by atoms with van der Waals surface area (Å²) in [6.07, 6.45) is -4.07. The van der Waals surface area contributed by atoms with Crippen LogP contribution in [-0.4, -0.2) is 22.2 Å². The van der Waals surface area contributed by atoms with Crippen LogP contribution in [0, 0.1) is 3.57 Å².